The number of nitrogens with zero attached hydrogens (tertiary/aromatic N) is 3. The molecule has 0 radical (unpaired) electrons. The molecule has 0 bridgehead atoms. The zero-order valence-electron chi connectivity index (χ0n) is 19.5. The summed E-state index contributed by atoms with van der Waals surface area (Å²) in [6.45, 7) is 6.95. The molecule has 0 saturated carbocycles. The van der Waals surface area contributed by atoms with Crippen LogP contribution in [0.15, 0.2) is 60.8 Å². The smallest absolute Gasteiger partial charge is 0.260 e. The Kier molecular flexibility index (Phi) is 7.29. The van der Waals surface area contributed by atoms with Crippen molar-refractivity contribution in [2.24, 2.45) is 0 Å². The van der Waals surface area contributed by atoms with E-state index in [1.54, 1.807) is 25.4 Å². The van der Waals surface area contributed by atoms with Gasteiger partial charge in [-0.25, -0.2) is 4.68 Å². The largest absolute Gasteiger partial charge is 0.496 e. The number of hydrogen-bond donors (Lipinski definition) is 1. The summed E-state index contributed by atoms with van der Waals surface area (Å²) in [5, 5.41) is 7.51. The van der Waals surface area contributed by atoms with E-state index < -0.39 is 0 Å². The van der Waals surface area contributed by atoms with Gasteiger partial charge in [-0.15, -0.1) is 0 Å². The molecule has 0 aliphatic carbocycles. The Bertz CT molecular complexity index is 1050. The highest BCUT2D eigenvalue weighted by Crippen LogP contribution is 2.27. The summed E-state index contributed by atoms with van der Waals surface area (Å²) in [7, 11) is 1.57. The molecule has 1 fully saturated rings. The summed E-state index contributed by atoms with van der Waals surface area (Å²) < 4.78 is 13.0. The lowest BCUT2D eigenvalue weighted by Crippen LogP contribution is -2.35. The van der Waals surface area contributed by atoms with Crippen molar-refractivity contribution in [3.05, 3.63) is 71.9 Å². The molecule has 1 amide bonds. The number of benzene rings is 2. The van der Waals surface area contributed by atoms with Gasteiger partial charge in [0.05, 0.1) is 31.0 Å². The van der Waals surface area contributed by atoms with Gasteiger partial charge >= 0.3 is 0 Å². The Labute approximate surface area is 195 Å². The molecule has 1 aliphatic rings. The molecule has 0 atom stereocenters. The normalized spacial score (nSPS) is 14.9. The Hall–Kier alpha value is -3.32. The third kappa shape index (κ3) is 5.73. The second-order valence-electron chi connectivity index (χ2n) is 8.63. The van der Waals surface area contributed by atoms with Crippen LogP contribution >= 0.6 is 0 Å². The van der Waals surface area contributed by atoms with Crippen LogP contribution in [0.25, 0.3) is 0 Å². The number of piperidine rings is 1. The predicted molar refractivity (Wildman–Crippen MR) is 129 cm³/mol. The third-order valence-corrected chi connectivity index (χ3v) is 5.87. The van der Waals surface area contributed by atoms with Crippen LogP contribution in [-0.4, -0.2) is 46.9 Å². The highest BCUT2D eigenvalue weighted by molar-refractivity contribution is 6.05. The quantitative estimate of drug-likeness (QED) is 0.538. The maximum absolute atomic E-state index is 12.8. The van der Waals surface area contributed by atoms with Crippen LogP contribution in [0.4, 0.5) is 5.82 Å². The van der Waals surface area contributed by atoms with Crippen molar-refractivity contribution in [2.45, 2.75) is 45.4 Å². The van der Waals surface area contributed by atoms with Gasteiger partial charge in [0.25, 0.3) is 5.91 Å². The second kappa shape index (κ2) is 10.5. The average Bonchev–Trinajstić information content (AvgIpc) is 3.28. The Morgan fingerprint density at radius 1 is 1.09 bits per heavy atom. The van der Waals surface area contributed by atoms with E-state index >= 15 is 0 Å². The summed E-state index contributed by atoms with van der Waals surface area (Å²) in [5.74, 6) is 1.98. The van der Waals surface area contributed by atoms with Gasteiger partial charge in [0, 0.05) is 25.7 Å². The number of nitrogens with one attached hydrogen (secondary N) is 1. The molecule has 3 aromatic rings. The standard InChI is InChI=1S/C26H32N4O3/c1-19(2)33-22-10-8-20(9-11-22)18-29-16-13-21(14-17-29)30-25(12-15-27-30)28-26(31)23-6-4-5-7-24(23)32-3/h4-12,15,19,21H,13-14,16-18H2,1-3H3,(H,28,31). The van der Waals surface area contributed by atoms with Crippen molar-refractivity contribution in [3.63, 3.8) is 0 Å². The summed E-state index contributed by atoms with van der Waals surface area (Å²) in [5.41, 5.74) is 1.79. The predicted octanol–water partition coefficient (Wildman–Crippen LogP) is 4.77. The molecular formula is C26H32N4O3. The number of likely N-dealkylation sites (tertiary alicyclic amines) is 1. The molecule has 2 aromatic carbocycles. The molecule has 33 heavy (non-hydrogen) atoms. The minimum absolute atomic E-state index is 0.182. The number of carbonyl (C=O) groups is 1. The molecular weight excluding hydrogens is 416 g/mol. The van der Waals surface area contributed by atoms with E-state index in [1.807, 2.05) is 48.9 Å². The fourth-order valence-electron chi connectivity index (χ4n) is 4.25. The maximum atomic E-state index is 12.8. The average molecular weight is 449 g/mol. The van der Waals surface area contributed by atoms with Gasteiger partial charge < -0.3 is 14.8 Å². The minimum atomic E-state index is -0.198. The number of methoxy groups -OCH3 is 1. The molecule has 0 spiro atoms. The van der Waals surface area contributed by atoms with Crippen molar-refractivity contribution < 1.29 is 14.3 Å². The highest BCUT2D eigenvalue weighted by atomic mass is 16.5. The number of ether oxygens (including phenoxy) is 2. The molecule has 1 aliphatic heterocycles. The molecule has 4 rings (SSSR count). The first-order valence-corrected chi connectivity index (χ1v) is 11.5. The van der Waals surface area contributed by atoms with Gasteiger partial charge in [-0.2, -0.15) is 5.10 Å². The van der Waals surface area contributed by atoms with Crippen LogP contribution in [0.1, 0.15) is 48.7 Å². The highest BCUT2D eigenvalue weighted by Gasteiger charge is 2.24. The SMILES string of the molecule is COc1ccccc1C(=O)Nc1ccnn1C1CCN(Cc2ccc(OC(C)C)cc2)CC1. The lowest BCUT2D eigenvalue weighted by molar-refractivity contribution is 0.102. The van der Waals surface area contributed by atoms with Crippen LogP contribution in [0, 0.1) is 0 Å². The maximum Gasteiger partial charge on any atom is 0.260 e. The molecule has 1 saturated heterocycles. The van der Waals surface area contributed by atoms with E-state index in [9.17, 15) is 4.79 Å². The molecule has 2 heterocycles. The van der Waals surface area contributed by atoms with Crippen LogP contribution in [0.2, 0.25) is 0 Å². The second-order valence-corrected chi connectivity index (χ2v) is 8.63. The summed E-state index contributed by atoms with van der Waals surface area (Å²) in [6.07, 6.45) is 3.88. The van der Waals surface area contributed by atoms with Gasteiger partial charge in [0.1, 0.15) is 17.3 Å². The van der Waals surface area contributed by atoms with Crippen molar-refractivity contribution in [3.8, 4) is 11.5 Å². The first-order valence-electron chi connectivity index (χ1n) is 11.5. The van der Waals surface area contributed by atoms with Gasteiger partial charge in [-0.1, -0.05) is 24.3 Å². The first-order chi connectivity index (χ1) is 16.0. The molecule has 7 nitrogen and oxygen atoms in total. The minimum Gasteiger partial charge on any atom is -0.496 e. The van der Waals surface area contributed by atoms with Crippen molar-refractivity contribution >= 4 is 11.7 Å². The number of rotatable bonds is 8. The number of anilines is 1. The van der Waals surface area contributed by atoms with E-state index in [4.69, 9.17) is 9.47 Å². The summed E-state index contributed by atoms with van der Waals surface area (Å²) in [6, 6.07) is 17.7. The fraction of sp³-hybridized carbons (Fsp3) is 0.385. The van der Waals surface area contributed by atoms with Crippen molar-refractivity contribution in [1.82, 2.24) is 14.7 Å². The lowest BCUT2D eigenvalue weighted by atomic mass is 10.0. The van der Waals surface area contributed by atoms with Gasteiger partial charge in [0.2, 0.25) is 0 Å². The van der Waals surface area contributed by atoms with Crippen LogP contribution in [0.3, 0.4) is 0 Å². The summed E-state index contributed by atoms with van der Waals surface area (Å²) in [4.78, 5) is 15.3. The van der Waals surface area contributed by atoms with E-state index in [-0.39, 0.29) is 18.1 Å². The van der Waals surface area contributed by atoms with E-state index in [1.165, 1.54) is 5.56 Å². The van der Waals surface area contributed by atoms with Crippen molar-refractivity contribution in [1.29, 1.82) is 0 Å². The number of carbonyl (C=O) groups excluding carboxylic acids is 1. The number of hydrogen-bond acceptors (Lipinski definition) is 5. The van der Waals surface area contributed by atoms with E-state index in [0.29, 0.717) is 17.1 Å². The first kappa shape index (κ1) is 22.9. The monoisotopic (exact) mass is 448 g/mol. The van der Waals surface area contributed by atoms with Gasteiger partial charge in [0.15, 0.2) is 0 Å². The molecule has 7 heteroatoms. The van der Waals surface area contributed by atoms with Crippen molar-refractivity contribution in [2.75, 3.05) is 25.5 Å². The Balaban J connectivity index is 1.33. The number of aromatic nitrogens is 2. The Morgan fingerprint density at radius 3 is 2.52 bits per heavy atom. The topological polar surface area (TPSA) is 68.6 Å². The van der Waals surface area contributed by atoms with Gasteiger partial charge in [-0.05, 0) is 56.5 Å². The fourth-order valence-corrected chi connectivity index (χ4v) is 4.25. The zero-order chi connectivity index (χ0) is 23.2. The zero-order valence-corrected chi connectivity index (χ0v) is 19.5. The van der Waals surface area contributed by atoms with Crippen LogP contribution in [-0.2, 0) is 6.54 Å². The Morgan fingerprint density at radius 2 is 1.82 bits per heavy atom. The van der Waals surface area contributed by atoms with Crippen LogP contribution in [0.5, 0.6) is 11.5 Å². The summed E-state index contributed by atoms with van der Waals surface area (Å²) >= 11 is 0. The third-order valence-electron chi connectivity index (χ3n) is 5.87. The molecule has 174 valence electrons. The number of para-hydroxylation sites is 1. The van der Waals surface area contributed by atoms with E-state index in [0.717, 1.165) is 38.2 Å². The molecule has 0 unspecified atom stereocenters. The van der Waals surface area contributed by atoms with Gasteiger partial charge in [-0.3, -0.25) is 9.69 Å². The molecule has 1 N–H and O–H groups in total. The lowest BCUT2D eigenvalue weighted by Gasteiger charge is -2.32. The molecule has 1 aromatic heterocycles. The number of amides is 1. The van der Waals surface area contributed by atoms with E-state index in [2.05, 4.69) is 27.4 Å². The van der Waals surface area contributed by atoms with Crippen LogP contribution < -0.4 is 14.8 Å².